The van der Waals surface area contributed by atoms with E-state index in [4.69, 9.17) is 14.5 Å². The van der Waals surface area contributed by atoms with Crippen molar-refractivity contribution in [2.24, 2.45) is 0 Å². The van der Waals surface area contributed by atoms with Crippen LogP contribution in [0.3, 0.4) is 0 Å². The standard InChI is InChI=1S/C22H23FN4O3/c1-6-16(9-7-14(2)25-21(28)29-22(3,4)5)20-26-19(30-27-20)12-17-10-8-15(13-24)11-18(17)23/h6-11H,2,12H2,1,3-5H3,(H,25,28)/b9-7-,16-6+. The van der Waals surface area contributed by atoms with Crippen LogP contribution in [0.25, 0.3) is 5.57 Å². The molecule has 1 aromatic heterocycles. The van der Waals surface area contributed by atoms with E-state index in [2.05, 4.69) is 22.0 Å². The van der Waals surface area contributed by atoms with Crippen molar-refractivity contribution in [2.45, 2.75) is 39.7 Å². The zero-order chi connectivity index (χ0) is 22.3. The number of allylic oxidation sites excluding steroid dienone is 4. The Kier molecular flexibility index (Phi) is 7.26. The molecule has 0 bridgehead atoms. The zero-order valence-corrected chi connectivity index (χ0v) is 17.3. The van der Waals surface area contributed by atoms with Gasteiger partial charge in [-0.2, -0.15) is 10.2 Å². The van der Waals surface area contributed by atoms with E-state index in [1.165, 1.54) is 12.1 Å². The van der Waals surface area contributed by atoms with Crippen LogP contribution < -0.4 is 5.32 Å². The second-order valence-electron chi connectivity index (χ2n) is 7.34. The van der Waals surface area contributed by atoms with Gasteiger partial charge in [-0.3, -0.25) is 5.32 Å². The summed E-state index contributed by atoms with van der Waals surface area (Å²) in [5.74, 6) is 0.0272. The molecule has 0 fully saturated rings. The highest BCUT2D eigenvalue weighted by Crippen LogP contribution is 2.17. The lowest BCUT2D eigenvalue weighted by Crippen LogP contribution is -2.31. The van der Waals surface area contributed by atoms with E-state index in [9.17, 15) is 9.18 Å². The number of hydrogen-bond acceptors (Lipinski definition) is 6. The van der Waals surface area contributed by atoms with Crippen LogP contribution in [-0.2, 0) is 11.2 Å². The van der Waals surface area contributed by atoms with Crippen LogP contribution in [0.2, 0.25) is 0 Å². The number of alkyl carbamates (subject to hydrolysis) is 1. The number of nitrogens with zero attached hydrogens (tertiary/aromatic N) is 3. The van der Waals surface area contributed by atoms with Gasteiger partial charge in [-0.25, -0.2) is 9.18 Å². The van der Waals surface area contributed by atoms with E-state index in [-0.39, 0.29) is 17.9 Å². The molecule has 2 aromatic rings. The number of hydrogen-bond donors (Lipinski definition) is 1. The molecule has 0 radical (unpaired) electrons. The summed E-state index contributed by atoms with van der Waals surface area (Å²) in [5, 5.41) is 15.2. The van der Waals surface area contributed by atoms with E-state index < -0.39 is 17.5 Å². The Morgan fingerprint density at radius 3 is 2.73 bits per heavy atom. The monoisotopic (exact) mass is 410 g/mol. The lowest BCUT2D eigenvalue weighted by molar-refractivity contribution is 0.0548. The molecule has 0 saturated carbocycles. The van der Waals surface area contributed by atoms with Crippen LogP contribution in [0, 0.1) is 17.1 Å². The molecule has 1 amide bonds. The normalized spacial score (nSPS) is 11.9. The van der Waals surface area contributed by atoms with Gasteiger partial charge >= 0.3 is 6.09 Å². The Morgan fingerprint density at radius 2 is 2.13 bits per heavy atom. The molecular formula is C22H23FN4O3. The zero-order valence-electron chi connectivity index (χ0n) is 17.3. The number of rotatable bonds is 6. The lowest BCUT2D eigenvalue weighted by atomic mass is 10.1. The maximum atomic E-state index is 14.1. The summed E-state index contributed by atoms with van der Waals surface area (Å²) >= 11 is 0. The molecule has 2 rings (SSSR count). The van der Waals surface area contributed by atoms with Crippen molar-refractivity contribution >= 4 is 11.7 Å². The highest BCUT2D eigenvalue weighted by molar-refractivity contribution is 5.72. The van der Waals surface area contributed by atoms with Gasteiger partial charge in [-0.05, 0) is 57.5 Å². The summed E-state index contributed by atoms with van der Waals surface area (Å²) in [6, 6.07) is 6.09. The molecular weight excluding hydrogens is 387 g/mol. The molecule has 7 nitrogen and oxygen atoms in total. The molecule has 1 heterocycles. The van der Waals surface area contributed by atoms with Crippen molar-refractivity contribution in [3.05, 3.63) is 77.4 Å². The van der Waals surface area contributed by atoms with Crippen molar-refractivity contribution in [1.82, 2.24) is 15.5 Å². The van der Waals surface area contributed by atoms with Crippen molar-refractivity contribution in [3.8, 4) is 6.07 Å². The van der Waals surface area contributed by atoms with Crippen molar-refractivity contribution in [2.75, 3.05) is 0 Å². The van der Waals surface area contributed by atoms with Crippen molar-refractivity contribution in [1.29, 1.82) is 5.26 Å². The Balaban J connectivity index is 2.04. The van der Waals surface area contributed by atoms with Gasteiger partial charge in [0.05, 0.1) is 18.1 Å². The SMILES string of the molecule is C=C(/C=C\C(=C/C)c1noc(Cc2ccc(C#N)cc2F)n1)NC(=O)OC(C)(C)C. The van der Waals surface area contributed by atoms with Crippen LogP contribution in [-0.4, -0.2) is 21.8 Å². The fraction of sp³-hybridized carbons (Fsp3) is 0.273. The largest absolute Gasteiger partial charge is 0.444 e. The van der Waals surface area contributed by atoms with Gasteiger partial charge < -0.3 is 9.26 Å². The molecule has 8 heteroatoms. The van der Waals surface area contributed by atoms with Gasteiger partial charge in [-0.1, -0.05) is 23.9 Å². The van der Waals surface area contributed by atoms with Crippen LogP contribution in [0.1, 0.15) is 50.5 Å². The third-order valence-electron chi connectivity index (χ3n) is 3.69. The van der Waals surface area contributed by atoms with Gasteiger partial charge in [0.15, 0.2) is 0 Å². The van der Waals surface area contributed by atoms with Crippen LogP contribution in [0.5, 0.6) is 0 Å². The summed E-state index contributed by atoms with van der Waals surface area (Å²) in [6.07, 6.45) is 4.49. The topological polar surface area (TPSA) is 101 Å². The lowest BCUT2D eigenvalue weighted by Gasteiger charge is -2.19. The fourth-order valence-electron chi connectivity index (χ4n) is 2.33. The number of nitriles is 1. The Morgan fingerprint density at radius 1 is 1.40 bits per heavy atom. The summed E-state index contributed by atoms with van der Waals surface area (Å²) in [6.45, 7) is 10.8. The van der Waals surface area contributed by atoms with Gasteiger partial charge in [0.2, 0.25) is 11.7 Å². The third-order valence-corrected chi connectivity index (χ3v) is 3.69. The third kappa shape index (κ3) is 6.71. The van der Waals surface area contributed by atoms with Crippen LogP contribution >= 0.6 is 0 Å². The number of amides is 1. The molecule has 0 aliphatic rings. The maximum absolute atomic E-state index is 14.1. The molecule has 0 atom stereocenters. The van der Waals surface area contributed by atoms with E-state index in [0.717, 1.165) is 6.07 Å². The molecule has 156 valence electrons. The molecule has 1 N–H and O–H groups in total. The Labute approximate surface area is 174 Å². The Hall–Kier alpha value is -3.73. The number of carbonyl (C=O) groups is 1. The van der Waals surface area contributed by atoms with E-state index in [1.807, 2.05) is 6.07 Å². The van der Waals surface area contributed by atoms with Gasteiger partial charge in [0.1, 0.15) is 11.4 Å². The smallest absolute Gasteiger partial charge is 0.412 e. The molecule has 0 saturated heterocycles. The molecule has 0 spiro atoms. The van der Waals surface area contributed by atoms with Crippen molar-refractivity contribution < 1.29 is 18.4 Å². The maximum Gasteiger partial charge on any atom is 0.412 e. The summed E-state index contributed by atoms with van der Waals surface area (Å²) in [5.41, 5.74) is 0.919. The first-order chi connectivity index (χ1) is 14.1. The van der Waals surface area contributed by atoms with Gasteiger partial charge in [0, 0.05) is 11.3 Å². The molecule has 30 heavy (non-hydrogen) atoms. The fourth-order valence-corrected chi connectivity index (χ4v) is 2.33. The highest BCUT2D eigenvalue weighted by atomic mass is 19.1. The van der Waals surface area contributed by atoms with Crippen molar-refractivity contribution in [3.63, 3.8) is 0 Å². The van der Waals surface area contributed by atoms with E-state index in [0.29, 0.717) is 22.7 Å². The average molecular weight is 410 g/mol. The summed E-state index contributed by atoms with van der Waals surface area (Å²) in [7, 11) is 0. The summed E-state index contributed by atoms with van der Waals surface area (Å²) < 4.78 is 24.4. The highest BCUT2D eigenvalue weighted by Gasteiger charge is 2.16. The predicted molar refractivity (Wildman–Crippen MR) is 110 cm³/mol. The number of carbonyl (C=O) groups excluding carboxylic acids is 1. The number of benzene rings is 1. The molecule has 0 aliphatic heterocycles. The number of halogens is 1. The number of ether oxygens (including phenoxy) is 1. The van der Waals surface area contributed by atoms with Gasteiger partial charge in [-0.15, -0.1) is 0 Å². The van der Waals surface area contributed by atoms with E-state index >= 15 is 0 Å². The van der Waals surface area contributed by atoms with E-state index in [1.54, 1.807) is 45.9 Å². The minimum absolute atomic E-state index is 0.0954. The van der Waals surface area contributed by atoms with Crippen LogP contribution in [0.4, 0.5) is 9.18 Å². The number of nitrogens with one attached hydrogen (secondary N) is 1. The second kappa shape index (κ2) is 9.65. The first-order valence-electron chi connectivity index (χ1n) is 9.16. The summed E-state index contributed by atoms with van der Waals surface area (Å²) in [4.78, 5) is 16.0. The first-order valence-corrected chi connectivity index (χ1v) is 9.16. The minimum atomic E-state index is -0.613. The predicted octanol–water partition coefficient (Wildman–Crippen LogP) is 4.67. The molecule has 1 aromatic carbocycles. The molecule has 0 unspecified atom stereocenters. The Bertz CT molecular complexity index is 1040. The van der Waals surface area contributed by atoms with Gasteiger partial charge in [0.25, 0.3) is 0 Å². The molecule has 0 aliphatic carbocycles. The number of aromatic nitrogens is 2. The minimum Gasteiger partial charge on any atom is -0.444 e. The van der Waals surface area contributed by atoms with Crippen LogP contribution in [0.15, 0.2) is 53.2 Å². The average Bonchev–Trinajstić information content (AvgIpc) is 3.10. The second-order valence-corrected chi connectivity index (χ2v) is 7.34. The first kappa shape index (κ1) is 22.6. The quantitative estimate of drug-likeness (QED) is 0.695.